The van der Waals surface area contributed by atoms with Gasteiger partial charge in [0.1, 0.15) is 17.4 Å². The normalized spacial score (nSPS) is 27.7. The van der Waals surface area contributed by atoms with E-state index in [2.05, 4.69) is 0 Å². The summed E-state index contributed by atoms with van der Waals surface area (Å²) in [4.78, 5) is 25.4. The standard InChI is InChI=1S/C29H26O10/c1-34-21-10-16(13-30)11-22-25(21)28(33)26(36-14-31)23(27(32)35-2)24(17-6-4-3-5-7-17)29(28,39-22)18-8-9-19-20(12-18)38-15-37-19/h3-12,14,23-24,26,30,33H,13,15H2,1-2H3/t23-,24-,26-,28+,29+/m1/s1. The Balaban J connectivity index is 1.74. The molecule has 0 radical (unpaired) electrons. The van der Waals surface area contributed by atoms with Crippen LogP contribution in [0.25, 0.3) is 0 Å². The Morgan fingerprint density at radius 3 is 2.51 bits per heavy atom. The maximum Gasteiger partial charge on any atom is 0.313 e. The van der Waals surface area contributed by atoms with Crippen molar-refractivity contribution in [1.82, 2.24) is 0 Å². The van der Waals surface area contributed by atoms with E-state index in [0.717, 1.165) is 0 Å². The van der Waals surface area contributed by atoms with Crippen molar-refractivity contribution in [1.29, 1.82) is 0 Å². The third-order valence-corrected chi connectivity index (χ3v) is 7.92. The van der Waals surface area contributed by atoms with Crippen LogP contribution in [0.1, 0.15) is 28.2 Å². The number of ether oxygens (including phenoxy) is 6. The fourth-order valence-corrected chi connectivity index (χ4v) is 6.46. The van der Waals surface area contributed by atoms with Crippen LogP contribution >= 0.6 is 0 Å². The van der Waals surface area contributed by atoms with Gasteiger partial charge in [0.15, 0.2) is 28.8 Å². The molecule has 6 rings (SSSR count). The van der Waals surface area contributed by atoms with Crippen molar-refractivity contribution in [3.63, 3.8) is 0 Å². The van der Waals surface area contributed by atoms with E-state index in [1.807, 2.05) is 18.2 Å². The molecule has 1 aliphatic carbocycles. The minimum atomic E-state index is -2.16. The van der Waals surface area contributed by atoms with Crippen molar-refractivity contribution in [2.24, 2.45) is 5.92 Å². The van der Waals surface area contributed by atoms with Gasteiger partial charge in [0, 0.05) is 11.5 Å². The average Bonchev–Trinajstić information content (AvgIpc) is 3.60. The number of carbonyl (C=O) groups excluding carboxylic acids is 2. The first kappa shape index (κ1) is 25.0. The maximum absolute atomic E-state index is 13.5. The summed E-state index contributed by atoms with van der Waals surface area (Å²) >= 11 is 0. The Morgan fingerprint density at radius 2 is 1.82 bits per heavy atom. The van der Waals surface area contributed by atoms with Crippen LogP contribution in [0.2, 0.25) is 0 Å². The van der Waals surface area contributed by atoms with Crippen LogP contribution in [0.15, 0.2) is 60.7 Å². The highest BCUT2D eigenvalue weighted by molar-refractivity contribution is 5.79. The van der Waals surface area contributed by atoms with Crippen molar-refractivity contribution in [2.75, 3.05) is 21.0 Å². The summed E-state index contributed by atoms with van der Waals surface area (Å²) < 4.78 is 34.4. The summed E-state index contributed by atoms with van der Waals surface area (Å²) in [6.07, 6.45) is -1.45. The highest BCUT2D eigenvalue weighted by Gasteiger charge is 2.79. The smallest absolute Gasteiger partial charge is 0.313 e. The lowest BCUT2D eigenvalue weighted by Gasteiger charge is -2.40. The number of aliphatic hydroxyl groups is 2. The number of esters is 1. The molecule has 3 aromatic carbocycles. The molecule has 10 heteroatoms. The molecule has 1 saturated carbocycles. The van der Waals surface area contributed by atoms with Gasteiger partial charge >= 0.3 is 5.97 Å². The van der Waals surface area contributed by atoms with Gasteiger partial charge < -0.3 is 38.6 Å². The zero-order valence-corrected chi connectivity index (χ0v) is 21.2. The molecule has 2 heterocycles. The van der Waals surface area contributed by atoms with Gasteiger partial charge in [-0.25, -0.2) is 0 Å². The van der Waals surface area contributed by atoms with Gasteiger partial charge in [-0.2, -0.15) is 0 Å². The quantitative estimate of drug-likeness (QED) is 0.345. The number of hydrogen-bond acceptors (Lipinski definition) is 10. The lowest BCUT2D eigenvalue weighted by Crippen LogP contribution is -2.52. The molecule has 3 aliphatic rings. The molecule has 202 valence electrons. The van der Waals surface area contributed by atoms with Gasteiger partial charge in [-0.15, -0.1) is 0 Å². The Kier molecular flexibility index (Phi) is 5.89. The van der Waals surface area contributed by atoms with E-state index in [4.69, 9.17) is 28.4 Å². The number of hydrogen-bond donors (Lipinski definition) is 2. The third kappa shape index (κ3) is 3.28. The molecule has 2 aliphatic heterocycles. The summed E-state index contributed by atoms with van der Waals surface area (Å²) in [5.41, 5.74) is -2.17. The average molecular weight is 535 g/mol. The highest BCUT2D eigenvalue weighted by atomic mass is 16.7. The zero-order chi connectivity index (χ0) is 27.4. The molecule has 39 heavy (non-hydrogen) atoms. The SMILES string of the molecule is COC(=O)[C@H]1[C@@H](OC=O)[C@@]2(O)c3c(OC)cc(CO)cc3O[C@@]2(c2ccc3c(c2)OCO3)[C@@H]1c1ccccc1. The molecule has 0 bridgehead atoms. The van der Waals surface area contributed by atoms with Crippen LogP contribution in [0.3, 0.4) is 0 Å². The minimum absolute atomic E-state index is 0.0224. The van der Waals surface area contributed by atoms with E-state index >= 15 is 0 Å². The molecular formula is C29H26O10. The Morgan fingerprint density at radius 1 is 1.05 bits per heavy atom. The van der Waals surface area contributed by atoms with Crippen molar-refractivity contribution in [3.05, 3.63) is 82.9 Å². The van der Waals surface area contributed by atoms with Crippen LogP contribution < -0.4 is 18.9 Å². The first-order valence-corrected chi connectivity index (χ1v) is 12.3. The summed E-state index contributed by atoms with van der Waals surface area (Å²) in [5, 5.41) is 22.9. The number of benzene rings is 3. The molecule has 0 saturated heterocycles. The van der Waals surface area contributed by atoms with Crippen molar-refractivity contribution in [3.8, 4) is 23.0 Å². The van der Waals surface area contributed by atoms with Gasteiger partial charge in [0.25, 0.3) is 6.47 Å². The second-order valence-corrected chi connectivity index (χ2v) is 9.59. The molecule has 10 nitrogen and oxygen atoms in total. The lowest BCUT2D eigenvalue weighted by atomic mass is 9.70. The molecule has 0 spiro atoms. The zero-order valence-electron chi connectivity index (χ0n) is 21.2. The van der Waals surface area contributed by atoms with Crippen molar-refractivity contribution >= 4 is 12.4 Å². The van der Waals surface area contributed by atoms with Gasteiger partial charge in [-0.3, -0.25) is 9.59 Å². The predicted molar refractivity (Wildman–Crippen MR) is 133 cm³/mol. The monoisotopic (exact) mass is 534 g/mol. The second-order valence-electron chi connectivity index (χ2n) is 9.59. The van der Waals surface area contributed by atoms with Crippen LogP contribution in [-0.2, 0) is 36.9 Å². The summed E-state index contributed by atoms with van der Waals surface area (Å²) in [5.74, 6) is -1.47. The van der Waals surface area contributed by atoms with Gasteiger partial charge in [-0.05, 0) is 35.4 Å². The van der Waals surface area contributed by atoms with Crippen LogP contribution in [0.4, 0.5) is 0 Å². The summed E-state index contributed by atoms with van der Waals surface area (Å²) in [7, 11) is 2.65. The molecule has 5 atom stereocenters. The molecule has 0 unspecified atom stereocenters. The molecule has 0 amide bonds. The molecule has 2 N–H and O–H groups in total. The van der Waals surface area contributed by atoms with Crippen molar-refractivity contribution in [2.45, 2.75) is 29.8 Å². The number of carbonyl (C=O) groups is 2. The van der Waals surface area contributed by atoms with Crippen LogP contribution in [0, 0.1) is 5.92 Å². The predicted octanol–water partition coefficient (Wildman–Crippen LogP) is 2.52. The second kappa shape index (κ2) is 9.18. The van der Waals surface area contributed by atoms with Crippen LogP contribution in [-0.4, -0.2) is 49.8 Å². The molecule has 3 aromatic rings. The van der Waals surface area contributed by atoms with Gasteiger partial charge in [-0.1, -0.05) is 36.4 Å². The topological polar surface area (TPSA) is 130 Å². The molecule has 1 fully saturated rings. The Labute approximate surface area is 223 Å². The first-order valence-electron chi connectivity index (χ1n) is 12.3. The highest BCUT2D eigenvalue weighted by Crippen LogP contribution is 2.71. The summed E-state index contributed by atoms with van der Waals surface area (Å²) in [6.45, 7) is -0.0961. The Hall–Kier alpha value is -4.28. The van der Waals surface area contributed by atoms with E-state index in [-0.39, 0.29) is 36.9 Å². The first-order chi connectivity index (χ1) is 18.9. The lowest BCUT2D eigenvalue weighted by molar-refractivity contribution is -0.177. The van der Waals surface area contributed by atoms with E-state index in [9.17, 15) is 19.8 Å². The van der Waals surface area contributed by atoms with E-state index in [1.54, 1.807) is 42.5 Å². The number of rotatable bonds is 7. The summed E-state index contributed by atoms with van der Waals surface area (Å²) in [6, 6.07) is 17.3. The molecular weight excluding hydrogens is 508 g/mol. The fraction of sp³-hybridized carbons (Fsp3) is 0.310. The van der Waals surface area contributed by atoms with Gasteiger partial charge in [0.05, 0.1) is 26.4 Å². The largest absolute Gasteiger partial charge is 0.496 e. The fourth-order valence-electron chi connectivity index (χ4n) is 6.46. The maximum atomic E-state index is 13.5. The number of methoxy groups -OCH3 is 2. The van der Waals surface area contributed by atoms with Gasteiger partial charge in [0.2, 0.25) is 6.79 Å². The third-order valence-electron chi connectivity index (χ3n) is 7.92. The van der Waals surface area contributed by atoms with Crippen molar-refractivity contribution < 1.29 is 48.2 Å². The number of fused-ring (bicyclic) bond motifs is 4. The Bertz CT molecular complexity index is 1440. The minimum Gasteiger partial charge on any atom is -0.496 e. The number of aliphatic hydroxyl groups excluding tert-OH is 1. The molecule has 0 aromatic heterocycles. The van der Waals surface area contributed by atoms with Crippen LogP contribution in [0.5, 0.6) is 23.0 Å². The van der Waals surface area contributed by atoms with E-state index < -0.39 is 35.1 Å². The van der Waals surface area contributed by atoms with E-state index in [0.29, 0.717) is 28.2 Å². The van der Waals surface area contributed by atoms with E-state index in [1.165, 1.54) is 14.2 Å².